The SMILES string of the molecule is Cc1c2nc(c(-c3ccccc3)c3ccc(s3)c(C)c3nc(c(-c4ccccc4)c4ccc1[nH]4)C=C3)C=C2. The molecule has 5 aromatic rings. The molecule has 38 heavy (non-hydrogen) atoms. The van der Waals surface area contributed by atoms with Crippen LogP contribution in [0.2, 0.25) is 0 Å². The lowest BCUT2D eigenvalue weighted by Gasteiger charge is -2.04. The van der Waals surface area contributed by atoms with Gasteiger partial charge < -0.3 is 4.98 Å². The van der Waals surface area contributed by atoms with Crippen LogP contribution < -0.4 is 0 Å². The van der Waals surface area contributed by atoms with Crippen molar-refractivity contribution in [2.24, 2.45) is 0 Å². The van der Waals surface area contributed by atoms with Crippen LogP contribution in [-0.2, 0) is 0 Å². The number of H-pyrrole nitrogens is 1. The van der Waals surface area contributed by atoms with Crippen molar-refractivity contribution >= 4 is 56.1 Å². The van der Waals surface area contributed by atoms with Gasteiger partial charge in [-0.2, -0.15) is 0 Å². The minimum absolute atomic E-state index is 0.964. The second-order valence-electron chi connectivity index (χ2n) is 9.61. The standard InChI is InChI=1S/C34H25N3S/c1-21-25-13-16-28(35-25)33(23-9-5-3-6-10-23)29-17-15-27(37-29)22(2)31-19-20-32(38-31)34(24-11-7-4-8-12-24)30-18-14-26(21)36-30/h3-20,35H,1-2H3. The third-order valence-electron chi connectivity index (χ3n) is 7.27. The monoisotopic (exact) mass is 507 g/mol. The summed E-state index contributed by atoms with van der Waals surface area (Å²) in [5.41, 5.74) is 12.9. The molecular weight excluding hydrogens is 482 g/mol. The van der Waals surface area contributed by atoms with Crippen molar-refractivity contribution in [1.82, 2.24) is 15.0 Å². The van der Waals surface area contributed by atoms with E-state index in [1.54, 1.807) is 11.3 Å². The molecule has 0 atom stereocenters. The predicted octanol–water partition coefficient (Wildman–Crippen LogP) is 9.34. The number of fused-ring (bicyclic) bond motifs is 8. The van der Waals surface area contributed by atoms with Gasteiger partial charge in [-0.1, -0.05) is 60.7 Å². The lowest BCUT2D eigenvalue weighted by atomic mass is 10.0. The number of hydrogen-bond acceptors (Lipinski definition) is 3. The minimum Gasteiger partial charge on any atom is -0.355 e. The number of aryl methyl sites for hydroxylation is 2. The van der Waals surface area contributed by atoms with E-state index in [2.05, 4.69) is 122 Å². The second kappa shape index (κ2) is 9.09. The van der Waals surface area contributed by atoms with Crippen molar-refractivity contribution in [2.45, 2.75) is 13.8 Å². The van der Waals surface area contributed by atoms with Gasteiger partial charge in [0.1, 0.15) is 0 Å². The van der Waals surface area contributed by atoms with E-state index in [1.807, 2.05) is 6.07 Å². The summed E-state index contributed by atoms with van der Waals surface area (Å²) < 4.78 is 2.41. The van der Waals surface area contributed by atoms with Gasteiger partial charge in [0.15, 0.2) is 0 Å². The zero-order valence-corrected chi connectivity index (χ0v) is 22.0. The first-order valence-corrected chi connectivity index (χ1v) is 13.6. The summed E-state index contributed by atoms with van der Waals surface area (Å²) in [6.45, 7) is 4.30. The van der Waals surface area contributed by atoms with Gasteiger partial charge in [-0.05, 0) is 84.7 Å². The summed E-state index contributed by atoms with van der Waals surface area (Å²) in [6, 6.07) is 29.8. The molecule has 0 aliphatic carbocycles. The summed E-state index contributed by atoms with van der Waals surface area (Å²) in [5.74, 6) is 0. The average molecular weight is 508 g/mol. The second-order valence-corrected chi connectivity index (χ2v) is 10.7. The molecule has 5 heterocycles. The largest absolute Gasteiger partial charge is 0.355 e. The molecule has 0 radical (unpaired) electrons. The molecule has 3 aromatic heterocycles. The summed E-state index contributed by atoms with van der Waals surface area (Å²) in [7, 11) is 0. The third kappa shape index (κ3) is 3.82. The number of thiophene rings is 1. The molecular formula is C34H25N3S. The number of nitrogens with one attached hydrogen (secondary N) is 1. The van der Waals surface area contributed by atoms with Gasteiger partial charge in [0.25, 0.3) is 0 Å². The van der Waals surface area contributed by atoms with Crippen molar-refractivity contribution < 1.29 is 0 Å². The molecule has 0 fully saturated rings. The Balaban J connectivity index is 1.64. The molecule has 1 N–H and O–H groups in total. The normalized spacial score (nSPS) is 12.3. The van der Waals surface area contributed by atoms with E-state index in [1.165, 1.54) is 20.5 Å². The maximum Gasteiger partial charge on any atom is 0.0737 e. The Kier molecular flexibility index (Phi) is 5.41. The Morgan fingerprint density at radius 1 is 0.500 bits per heavy atom. The molecule has 8 bridgehead atoms. The molecule has 2 aliphatic heterocycles. The van der Waals surface area contributed by atoms with Crippen LogP contribution in [0.1, 0.15) is 33.9 Å². The molecule has 182 valence electrons. The van der Waals surface area contributed by atoms with E-state index >= 15 is 0 Å². The molecule has 3 nitrogen and oxygen atoms in total. The van der Waals surface area contributed by atoms with Crippen molar-refractivity contribution in [2.75, 3.05) is 0 Å². The van der Waals surface area contributed by atoms with Crippen LogP contribution in [-0.4, -0.2) is 15.0 Å². The van der Waals surface area contributed by atoms with Gasteiger partial charge in [-0.15, -0.1) is 11.3 Å². The Morgan fingerprint density at radius 2 is 1.03 bits per heavy atom. The Bertz CT molecular complexity index is 1780. The van der Waals surface area contributed by atoms with Crippen molar-refractivity contribution in [3.8, 4) is 22.3 Å². The quantitative estimate of drug-likeness (QED) is 0.253. The highest BCUT2D eigenvalue weighted by atomic mass is 32.1. The molecule has 0 unspecified atom stereocenters. The van der Waals surface area contributed by atoms with Gasteiger partial charge in [-0.25, -0.2) is 9.97 Å². The molecule has 0 saturated heterocycles. The van der Waals surface area contributed by atoms with Crippen molar-refractivity contribution in [3.05, 3.63) is 119 Å². The first-order chi connectivity index (χ1) is 18.7. The lowest BCUT2D eigenvalue weighted by Crippen LogP contribution is -1.87. The Labute approximate surface area is 225 Å². The number of benzene rings is 2. The van der Waals surface area contributed by atoms with Gasteiger partial charge in [-0.3, -0.25) is 0 Å². The smallest absolute Gasteiger partial charge is 0.0737 e. The molecule has 2 aromatic carbocycles. The number of nitrogens with zero attached hydrogens (tertiary/aromatic N) is 2. The van der Waals surface area contributed by atoms with Crippen LogP contribution in [0.15, 0.2) is 84.9 Å². The fraction of sp³-hybridized carbons (Fsp3) is 0.0588. The van der Waals surface area contributed by atoms with E-state index < -0.39 is 0 Å². The molecule has 0 amide bonds. The number of aromatic nitrogens is 3. The molecule has 4 heteroatoms. The Morgan fingerprint density at radius 3 is 1.71 bits per heavy atom. The maximum atomic E-state index is 5.14. The number of aromatic amines is 1. The highest BCUT2D eigenvalue weighted by molar-refractivity contribution is 7.24. The van der Waals surface area contributed by atoms with E-state index in [0.717, 1.165) is 56.1 Å². The molecule has 0 spiro atoms. The fourth-order valence-electron chi connectivity index (χ4n) is 5.19. The van der Waals surface area contributed by atoms with Crippen LogP contribution in [0.3, 0.4) is 0 Å². The summed E-state index contributed by atoms with van der Waals surface area (Å²) in [4.78, 5) is 14.0. The van der Waals surface area contributed by atoms with Crippen molar-refractivity contribution in [3.63, 3.8) is 0 Å². The van der Waals surface area contributed by atoms with Crippen LogP contribution in [0, 0.1) is 13.8 Å². The van der Waals surface area contributed by atoms with Crippen LogP contribution in [0.25, 0.3) is 67.0 Å². The zero-order valence-electron chi connectivity index (χ0n) is 21.2. The third-order valence-corrected chi connectivity index (χ3v) is 8.49. The highest BCUT2D eigenvalue weighted by Crippen LogP contribution is 2.36. The summed E-state index contributed by atoms with van der Waals surface area (Å²) in [5, 5.41) is 0. The molecule has 2 aliphatic rings. The lowest BCUT2D eigenvalue weighted by molar-refractivity contribution is 1.27. The van der Waals surface area contributed by atoms with Crippen LogP contribution >= 0.6 is 11.3 Å². The Hall–Kier alpha value is -4.54. The highest BCUT2D eigenvalue weighted by Gasteiger charge is 2.15. The van der Waals surface area contributed by atoms with E-state index in [4.69, 9.17) is 9.97 Å². The predicted molar refractivity (Wildman–Crippen MR) is 163 cm³/mol. The van der Waals surface area contributed by atoms with Gasteiger partial charge in [0.05, 0.1) is 22.8 Å². The summed E-state index contributed by atoms with van der Waals surface area (Å²) >= 11 is 1.80. The zero-order chi connectivity index (χ0) is 25.6. The van der Waals surface area contributed by atoms with Crippen LogP contribution in [0.5, 0.6) is 0 Å². The van der Waals surface area contributed by atoms with E-state index in [0.29, 0.717) is 0 Å². The topological polar surface area (TPSA) is 41.6 Å². The molecule has 0 saturated carbocycles. The van der Waals surface area contributed by atoms with E-state index in [-0.39, 0.29) is 0 Å². The maximum absolute atomic E-state index is 5.14. The first kappa shape index (κ1) is 22.6. The number of hydrogen-bond donors (Lipinski definition) is 1. The summed E-state index contributed by atoms with van der Waals surface area (Å²) in [6.07, 6.45) is 8.55. The van der Waals surface area contributed by atoms with Crippen LogP contribution in [0.4, 0.5) is 0 Å². The van der Waals surface area contributed by atoms with Gasteiger partial charge >= 0.3 is 0 Å². The first-order valence-electron chi connectivity index (χ1n) is 12.8. The number of rotatable bonds is 2. The average Bonchev–Trinajstić information content (AvgIpc) is 3.77. The van der Waals surface area contributed by atoms with Gasteiger partial charge in [0.2, 0.25) is 0 Å². The molecule has 7 rings (SSSR count). The minimum atomic E-state index is 0.964. The van der Waals surface area contributed by atoms with Gasteiger partial charge in [0, 0.05) is 31.6 Å². The van der Waals surface area contributed by atoms with Crippen molar-refractivity contribution in [1.29, 1.82) is 0 Å². The van der Waals surface area contributed by atoms with E-state index in [9.17, 15) is 0 Å². The fourth-order valence-corrected chi connectivity index (χ4v) is 6.28.